The van der Waals surface area contributed by atoms with Crippen molar-refractivity contribution in [2.45, 2.75) is 38.3 Å². The summed E-state index contributed by atoms with van der Waals surface area (Å²) in [4.78, 5) is 2.64. The highest BCUT2D eigenvalue weighted by atomic mass is 32.2. The van der Waals surface area contributed by atoms with Crippen LogP contribution in [0, 0.1) is 13.8 Å². The molecule has 0 aromatic carbocycles. The fraction of sp³-hybridized carbons (Fsp3) is 0.421. The zero-order valence-electron chi connectivity index (χ0n) is 17.8. The van der Waals surface area contributed by atoms with Gasteiger partial charge in [0.15, 0.2) is 11.6 Å². The van der Waals surface area contributed by atoms with E-state index in [1.807, 2.05) is 41.5 Å². The number of thioether (sulfide) groups is 1. The molecule has 3 aromatic heterocycles. The minimum absolute atomic E-state index is 0.223. The van der Waals surface area contributed by atoms with E-state index in [1.54, 1.807) is 0 Å². The molecule has 1 aliphatic heterocycles. The van der Waals surface area contributed by atoms with Crippen molar-refractivity contribution in [1.29, 1.82) is 0 Å². The van der Waals surface area contributed by atoms with Gasteiger partial charge in [-0.2, -0.15) is 21.4 Å². The molecule has 14 heteroatoms. The molecule has 4 heterocycles. The third-order valence-corrected chi connectivity index (χ3v) is 8.59. The summed E-state index contributed by atoms with van der Waals surface area (Å²) in [6.07, 6.45) is 2.37. The molecule has 0 unspecified atom stereocenters. The fourth-order valence-electron chi connectivity index (χ4n) is 3.61. The van der Waals surface area contributed by atoms with E-state index < -0.39 is 20.2 Å². The van der Waals surface area contributed by atoms with Crippen LogP contribution >= 0.6 is 23.1 Å². The van der Waals surface area contributed by atoms with Gasteiger partial charge in [-0.05, 0) is 43.4 Å². The summed E-state index contributed by atoms with van der Waals surface area (Å²) in [7, 11) is -8.14. The van der Waals surface area contributed by atoms with Gasteiger partial charge in [-0.3, -0.25) is 9.11 Å². The predicted molar refractivity (Wildman–Crippen MR) is 126 cm³/mol. The maximum atomic E-state index is 11.2. The molecule has 0 aliphatic carbocycles. The van der Waals surface area contributed by atoms with Crippen LogP contribution in [0.2, 0.25) is 0 Å². The maximum Gasteiger partial charge on any atom is 0.268 e. The first-order chi connectivity index (χ1) is 15.4. The fourth-order valence-corrected chi connectivity index (χ4v) is 6.89. The molecule has 0 spiro atoms. The molecule has 10 nitrogen and oxygen atoms in total. The van der Waals surface area contributed by atoms with Crippen LogP contribution in [0.25, 0.3) is 16.5 Å². The van der Waals surface area contributed by atoms with Gasteiger partial charge in [0, 0.05) is 19.0 Å². The van der Waals surface area contributed by atoms with Gasteiger partial charge in [-0.1, -0.05) is 0 Å². The Bertz CT molecular complexity index is 1430. The number of thiazole rings is 1. The molecule has 0 atom stereocenters. The Kier molecular flexibility index (Phi) is 6.68. The predicted octanol–water partition coefficient (Wildman–Crippen LogP) is 3.46. The molecular weight excluding hydrogens is 512 g/mol. The summed E-state index contributed by atoms with van der Waals surface area (Å²) in [5.74, 6) is 0.759. The Labute approximate surface area is 199 Å². The lowest BCUT2D eigenvalue weighted by molar-refractivity contribution is -0.668. The molecule has 0 amide bonds. The summed E-state index contributed by atoms with van der Waals surface area (Å²) < 4.78 is 76.3. The number of hydrogen-bond donors (Lipinski definition) is 2. The normalized spacial score (nSPS) is 15.8. The molecule has 0 fully saturated rings. The molecule has 1 aliphatic rings. The number of anilines is 1. The Morgan fingerprint density at radius 2 is 1.70 bits per heavy atom. The highest BCUT2D eigenvalue weighted by molar-refractivity contribution is 8.03. The standard InChI is InChI=1S/C19H22N2O8S4/c1-12-9-14-18(28-12)30-16(20(14)5-3-7-32(22,23)24)11-17-21(6-4-8-33(25,26)27)15-10-13(2)29-19(15)31-17/h9-11H,3-8H2,1-2H3,(H-,22,23,24,25,26,27)/p+1. The molecule has 4 rings (SSSR count). The first-order valence-corrected chi connectivity index (χ1v) is 14.9. The third kappa shape index (κ3) is 5.81. The van der Waals surface area contributed by atoms with Crippen molar-refractivity contribution < 1.29 is 39.3 Å². The highest BCUT2D eigenvalue weighted by Crippen LogP contribution is 2.48. The van der Waals surface area contributed by atoms with Crippen LogP contribution in [-0.2, 0) is 26.8 Å². The number of nitrogens with zero attached hydrogens (tertiary/aromatic N) is 2. The van der Waals surface area contributed by atoms with Crippen molar-refractivity contribution in [1.82, 2.24) is 0 Å². The van der Waals surface area contributed by atoms with Crippen LogP contribution in [0.15, 0.2) is 31.1 Å². The molecule has 2 N–H and O–H groups in total. The average molecular weight is 536 g/mol. The summed E-state index contributed by atoms with van der Waals surface area (Å²) >= 11 is 2.81. The zero-order chi connectivity index (χ0) is 24.0. The van der Waals surface area contributed by atoms with Crippen LogP contribution < -0.4 is 9.47 Å². The lowest BCUT2D eigenvalue weighted by Crippen LogP contribution is -2.36. The number of rotatable bonds is 9. The van der Waals surface area contributed by atoms with Gasteiger partial charge in [-0.25, -0.2) is 0 Å². The monoisotopic (exact) mass is 535 g/mol. The van der Waals surface area contributed by atoms with Crippen LogP contribution in [0.5, 0.6) is 0 Å². The van der Waals surface area contributed by atoms with E-state index in [1.165, 1.54) is 23.1 Å². The Morgan fingerprint density at radius 1 is 1.03 bits per heavy atom. The summed E-state index contributed by atoms with van der Waals surface area (Å²) in [6, 6.07) is 3.75. The third-order valence-electron chi connectivity index (χ3n) is 4.93. The van der Waals surface area contributed by atoms with Crippen molar-refractivity contribution in [3.8, 4) is 0 Å². The second-order valence-electron chi connectivity index (χ2n) is 7.67. The second-order valence-corrected chi connectivity index (χ2v) is 12.8. The van der Waals surface area contributed by atoms with Gasteiger partial charge < -0.3 is 13.7 Å². The van der Waals surface area contributed by atoms with Gasteiger partial charge in [0.25, 0.3) is 35.7 Å². The summed E-state index contributed by atoms with van der Waals surface area (Å²) in [6.45, 7) is 4.37. The summed E-state index contributed by atoms with van der Waals surface area (Å²) in [5, 5.41) is 2.31. The average Bonchev–Trinajstić information content (AvgIpc) is 3.36. The largest absolute Gasteiger partial charge is 0.452 e. The van der Waals surface area contributed by atoms with Crippen molar-refractivity contribution in [3.05, 3.63) is 33.7 Å². The quantitative estimate of drug-likeness (QED) is 0.309. The SMILES string of the molecule is Cc1cc2c(o1)SC(=Cc1sc3oc(C)cc3[n+]1CCCS(=O)(=O)O)N2CCCS(=O)(=O)O. The number of aryl methyl sites for hydroxylation is 3. The van der Waals surface area contributed by atoms with E-state index >= 15 is 0 Å². The van der Waals surface area contributed by atoms with Crippen LogP contribution in [0.1, 0.15) is 29.4 Å². The van der Waals surface area contributed by atoms with Gasteiger partial charge in [0.05, 0.1) is 34.4 Å². The molecule has 0 bridgehead atoms. The Morgan fingerprint density at radius 3 is 2.39 bits per heavy atom. The minimum atomic E-state index is -4.07. The lowest BCUT2D eigenvalue weighted by atomic mass is 10.3. The first kappa shape index (κ1) is 24.3. The summed E-state index contributed by atoms with van der Waals surface area (Å²) in [5.41, 5.74) is 1.65. The molecule has 0 saturated heterocycles. The number of aromatic nitrogens is 1. The van der Waals surface area contributed by atoms with E-state index in [2.05, 4.69) is 0 Å². The Hall–Kier alpha value is -1.84. The second kappa shape index (κ2) is 9.07. The van der Waals surface area contributed by atoms with Crippen LogP contribution in [-0.4, -0.2) is 44.0 Å². The molecule has 0 radical (unpaired) electrons. The first-order valence-electron chi connectivity index (χ1n) is 10.0. The number of fused-ring (bicyclic) bond motifs is 2. The van der Waals surface area contributed by atoms with E-state index in [0.29, 0.717) is 23.1 Å². The zero-order valence-corrected chi connectivity index (χ0v) is 21.1. The molecule has 180 valence electrons. The lowest BCUT2D eigenvalue weighted by Gasteiger charge is -2.18. The van der Waals surface area contributed by atoms with E-state index in [9.17, 15) is 16.8 Å². The molecule has 33 heavy (non-hydrogen) atoms. The van der Waals surface area contributed by atoms with Gasteiger partial charge in [0.1, 0.15) is 11.5 Å². The van der Waals surface area contributed by atoms with Gasteiger partial charge in [-0.15, -0.1) is 0 Å². The smallest absolute Gasteiger partial charge is 0.268 e. The number of hydrogen-bond acceptors (Lipinski definition) is 9. The van der Waals surface area contributed by atoms with Crippen molar-refractivity contribution >= 4 is 65.5 Å². The van der Waals surface area contributed by atoms with E-state index in [0.717, 1.165) is 32.8 Å². The van der Waals surface area contributed by atoms with E-state index in [4.69, 9.17) is 17.9 Å². The van der Waals surface area contributed by atoms with Gasteiger partial charge >= 0.3 is 0 Å². The van der Waals surface area contributed by atoms with Crippen molar-refractivity contribution in [2.24, 2.45) is 0 Å². The van der Waals surface area contributed by atoms with Gasteiger partial charge in [0.2, 0.25) is 0 Å². The molecular formula is C19H23N2O8S4+. The highest BCUT2D eigenvalue weighted by Gasteiger charge is 2.32. The van der Waals surface area contributed by atoms with Crippen molar-refractivity contribution in [3.63, 3.8) is 0 Å². The maximum absolute atomic E-state index is 11.2. The number of furan rings is 2. The van der Waals surface area contributed by atoms with Crippen LogP contribution in [0.3, 0.4) is 0 Å². The topological polar surface area (TPSA) is 142 Å². The van der Waals surface area contributed by atoms with Crippen LogP contribution in [0.4, 0.5) is 5.69 Å². The molecule has 0 saturated carbocycles. The van der Waals surface area contributed by atoms with E-state index in [-0.39, 0.29) is 24.3 Å². The molecule has 3 aromatic rings. The van der Waals surface area contributed by atoms with Crippen molar-refractivity contribution in [2.75, 3.05) is 23.0 Å². The minimum Gasteiger partial charge on any atom is -0.452 e. The Balaban J connectivity index is 1.67.